The summed E-state index contributed by atoms with van der Waals surface area (Å²) in [4.78, 5) is 40.1. The smallest absolute Gasteiger partial charge is 0.308 e. The van der Waals surface area contributed by atoms with Gasteiger partial charge in [0.05, 0.1) is 18.4 Å². The summed E-state index contributed by atoms with van der Waals surface area (Å²) in [6.45, 7) is 5.26. The lowest BCUT2D eigenvalue weighted by Crippen LogP contribution is -2.63. The standard InChI is InChI=1S/C21H32N2O4/c1-13(2)12-27-18(24)8-17-19(25)22-3-4-23(17)20(26)21-9-14-5-15(10-21)7-16(6-14)11-21/h13-17H,3-12H2,1-2H3,(H,22,25). The second-order valence-electron chi connectivity index (χ2n) is 9.78. The molecule has 4 saturated carbocycles. The van der Waals surface area contributed by atoms with Crippen molar-refractivity contribution in [1.82, 2.24) is 10.2 Å². The van der Waals surface area contributed by atoms with Crippen LogP contribution in [0.1, 0.15) is 58.8 Å². The van der Waals surface area contributed by atoms with E-state index < -0.39 is 12.0 Å². The molecule has 0 radical (unpaired) electrons. The van der Waals surface area contributed by atoms with Gasteiger partial charge in [-0.2, -0.15) is 0 Å². The number of nitrogens with zero attached hydrogens (tertiary/aromatic N) is 1. The van der Waals surface area contributed by atoms with Crippen molar-refractivity contribution in [3.63, 3.8) is 0 Å². The van der Waals surface area contributed by atoms with Gasteiger partial charge >= 0.3 is 5.97 Å². The molecule has 4 bridgehead atoms. The zero-order valence-electron chi connectivity index (χ0n) is 16.5. The monoisotopic (exact) mass is 376 g/mol. The molecule has 1 saturated heterocycles. The van der Waals surface area contributed by atoms with E-state index in [1.165, 1.54) is 19.3 Å². The van der Waals surface area contributed by atoms with Gasteiger partial charge in [0.15, 0.2) is 0 Å². The van der Waals surface area contributed by atoms with Crippen LogP contribution < -0.4 is 5.32 Å². The van der Waals surface area contributed by atoms with Gasteiger partial charge in [-0.25, -0.2) is 0 Å². The Hall–Kier alpha value is -1.59. The van der Waals surface area contributed by atoms with Gasteiger partial charge in [0.25, 0.3) is 0 Å². The fourth-order valence-corrected chi connectivity index (χ4v) is 6.31. The van der Waals surface area contributed by atoms with Crippen LogP contribution in [-0.4, -0.2) is 48.4 Å². The number of carbonyl (C=O) groups is 3. The summed E-state index contributed by atoms with van der Waals surface area (Å²) in [6.07, 6.45) is 6.70. The highest BCUT2D eigenvalue weighted by Crippen LogP contribution is 2.60. The Morgan fingerprint density at radius 1 is 1.15 bits per heavy atom. The molecule has 1 atom stereocenters. The highest BCUT2D eigenvalue weighted by molar-refractivity contribution is 5.93. The molecule has 0 aromatic rings. The van der Waals surface area contributed by atoms with E-state index in [2.05, 4.69) is 5.32 Å². The van der Waals surface area contributed by atoms with Crippen LogP contribution in [0, 0.1) is 29.1 Å². The number of carbonyl (C=O) groups excluding carboxylic acids is 3. The number of hydrogen-bond acceptors (Lipinski definition) is 4. The van der Waals surface area contributed by atoms with Crippen LogP contribution in [0.5, 0.6) is 0 Å². The largest absolute Gasteiger partial charge is 0.465 e. The number of piperazine rings is 1. The molecule has 1 N–H and O–H groups in total. The van der Waals surface area contributed by atoms with Gasteiger partial charge in [0, 0.05) is 13.1 Å². The maximum atomic E-state index is 13.6. The first-order valence-electron chi connectivity index (χ1n) is 10.6. The Morgan fingerprint density at radius 3 is 2.30 bits per heavy atom. The zero-order chi connectivity index (χ0) is 19.2. The second kappa shape index (κ2) is 7.10. The molecule has 27 heavy (non-hydrogen) atoms. The summed E-state index contributed by atoms with van der Waals surface area (Å²) in [7, 11) is 0. The van der Waals surface area contributed by atoms with Crippen LogP contribution in [0.2, 0.25) is 0 Å². The minimum Gasteiger partial charge on any atom is -0.465 e. The maximum Gasteiger partial charge on any atom is 0.308 e. The van der Waals surface area contributed by atoms with Crippen molar-refractivity contribution in [2.24, 2.45) is 29.1 Å². The molecule has 6 heteroatoms. The minimum absolute atomic E-state index is 0.0450. The fraction of sp³-hybridized carbons (Fsp3) is 0.857. The fourth-order valence-electron chi connectivity index (χ4n) is 6.31. The molecular weight excluding hydrogens is 344 g/mol. The average molecular weight is 376 g/mol. The van der Waals surface area contributed by atoms with E-state index in [4.69, 9.17) is 4.74 Å². The number of nitrogens with one attached hydrogen (secondary N) is 1. The van der Waals surface area contributed by atoms with E-state index in [0.717, 1.165) is 19.3 Å². The third kappa shape index (κ3) is 3.59. The van der Waals surface area contributed by atoms with Crippen molar-refractivity contribution in [2.45, 2.75) is 64.8 Å². The van der Waals surface area contributed by atoms with Crippen LogP contribution in [0.4, 0.5) is 0 Å². The Balaban J connectivity index is 1.49. The molecule has 5 fully saturated rings. The molecule has 1 aliphatic heterocycles. The molecule has 1 heterocycles. The number of esters is 1. The SMILES string of the molecule is CC(C)COC(=O)CC1C(=O)NCCN1C(=O)C12CC3CC(CC(C3)C1)C2. The van der Waals surface area contributed by atoms with Gasteiger partial charge in [0.2, 0.25) is 11.8 Å². The topological polar surface area (TPSA) is 75.7 Å². The maximum absolute atomic E-state index is 13.6. The molecular formula is C21H32N2O4. The van der Waals surface area contributed by atoms with Crippen LogP contribution in [0.15, 0.2) is 0 Å². The Labute approximate surface area is 161 Å². The van der Waals surface area contributed by atoms with Crippen molar-refractivity contribution in [3.8, 4) is 0 Å². The lowest BCUT2D eigenvalue weighted by molar-refractivity contribution is -0.166. The number of rotatable bonds is 5. The Bertz CT molecular complexity index is 594. The summed E-state index contributed by atoms with van der Waals surface area (Å²) < 4.78 is 5.27. The van der Waals surface area contributed by atoms with E-state index >= 15 is 0 Å². The van der Waals surface area contributed by atoms with Gasteiger partial charge in [0.1, 0.15) is 6.04 Å². The highest BCUT2D eigenvalue weighted by Gasteiger charge is 2.56. The zero-order valence-corrected chi connectivity index (χ0v) is 16.5. The van der Waals surface area contributed by atoms with E-state index in [-0.39, 0.29) is 29.6 Å². The Morgan fingerprint density at radius 2 is 1.74 bits per heavy atom. The molecule has 1 unspecified atom stereocenters. The summed E-state index contributed by atoms with van der Waals surface area (Å²) in [6, 6.07) is -0.723. The van der Waals surface area contributed by atoms with Crippen molar-refractivity contribution >= 4 is 17.8 Å². The molecule has 6 nitrogen and oxygen atoms in total. The molecule has 5 rings (SSSR count). The van der Waals surface area contributed by atoms with E-state index in [0.29, 0.717) is 37.5 Å². The van der Waals surface area contributed by atoms with Crippen molar-refractivity contribution in [1.29, 1.82) is 0 Å². The van der Waals surface area contributed by atoms with Crippen LogP contribution in [-0.2, 0) is 19.1 Å². The third-order valence-electron chi connectivity index (χ3n) is 7.02. The lowest BCUT2D eigenvalue weighted by atomic mass is 9.49. The second-order valence-corrected chi connectivity index (χ2v) is 9.78. The van der Waals surface area contributed by atoms with Gasteiger partial charge < -0.3 is 15.0 Å². The lowest BCUT2D eigenvalue weighted by Gasteiger charge is -2.57. The van der Waals surface area contributed by atoms with E-state index in [9.17, 15) is 14.4 Å². The van der Waals surface area contributed by atoms with Crippen molar-refractivity contribution < 1.29 is 19.1 Å². The third-order valence-corrected chi connectivity index (χ3v) is 7.02. The molecule has 150 valence electrons. The number of hydrogen-bond donors (Lipinski definition) is 1. The Kier molecular flexibility index (Phi) is 4.93. The molecule has 0 aromatic heterocycles. The van der Waals surface area contributed by atoms with Crippen molar-refractivity contribution in [3.05, 3.63) is 0 Å². The first-order chi connectivity index (χ1) is 12.9. The van der Waals surface area contributed by atoms with E-state index in [1.54, 1.807) is 4.90 Å². The molecule has 0 spiro atoms. The molecule has 5 aliphatic rings. The van der Waals surface area contributed by atoms with Crippen LogP contribution in [0.3, 0.4) is 0 Å². The molecule has 4 aliphatic carbocycles. The van der Waals surface area contributed by atoms with Gasteiger partial charge in [-0.3, -0.25) is 14.4 Å². The summed E-state index contributed by atoms with van der Waals surface area (Å²) in [5.74, 6) is 1.78. The quantitative estimate of drug-likeness (QED) is 0.746. The normalized spacial score (nSPS) is 37.4. The highest BCUT2D eigenvalue weighted by atomic mass is 16.5. The van der Waals surface area contributed by atoms with Gasteiger partial charge in [-0.1, -0.05) is 13.8 Å². The van der Waals surface area contributed by atoms with Gasteiger partial charge in [-0.15, -0.1) is 0 Å². The van der Waals surface area contributed by atoms with Crippen molar-refractivity contribution in [2.75, 3.05) is 19.7 Å². The van der Waals surface area contributed by atoms with Crippen LogP contribution in [0.25, 0.3) is 0 Å². The predicted molar refractivity (Wildman–Crippen MR) is 99.5 cm³/mol. The van der Waals surface area contributed by atoms with Gasteiger partial charge in [-0.05, 0) is 62.2 Å². The average Bonchev–Trinajstić information content (AvgIpc) is 2.60. The first kappa shape index (κ1) is 18.8. The van der Waals surface area contributed by atoms with Crippen LogP contribution >= 0.6 is 0 Å². The first-order valence-corrected chi connectivity index (χ1v) is 10.6. The number of amides is 2. The molecule has 2 amide bonds. The summed E-state index contributed by atoms with van der Waals surface area (Å²) >= 11 is 0. The minimum atomic E-state index is -0.723. The summed E-state index contributed by atoms with van der Waals surface area (Å²) in [5, 5.41) is 2.82. The number of ether oxygens (including phenoxy) is 1. The van der Waals surface area contributed by atoms with E-state index in [1.807, 2.05) is 13.8 Å². The summed E-state index contributed by atoms with van der Waals surface area (Å²) in [5.41, 5.74) is -0.285. The predicted octanol–water partition coefficient (Wildman–Crippen LogP) is 2.12. The molecule has 0 aromatic carbocycles.